The molecule has 4 nitrogen and oxygen atoms in total. The minimum absolute atomic E-state index is 0.0270. The number of aromatic nitrogens is 3. The zero-order valence-electron chi connectivity index (χ0n) is 24.2. The topological polar surface area (TPSA) is 24.8 Å². The van der Waals surface area contributed by atoms with Crippen LogP contribution in [0.2, 0.25) is 0 Å². The van der Waals surface area contributed by atoms with Gasteiger partial charge in [0.2, 0.25) is 12.0 Å². The molecule has 0 saturated carbocycles. The van der Waals surface area contributed by atoms with Crippen LogP contribution in [0.4, 0.5) is 0 Å². The van der Waals surface area contributed by atoms with Crippen molar-refractivity contribution in [3.05, 3.63) is 115 Å². The Bertz CT molecular complexity index is 1640. The molecule has 6 rings (SSSR count). The lowest BCUT2D eigenvalue weighted by Crippen LogP contribution is -2.67. The van der Waals surface area contributed by atoms with E-state index in [9.17, 15) is 0 Å². The molecular formula is C36H40N3O+3. The molecule has 2 unspecified atom stereocenters. The van der Waals surface area contributed by atoms with E-state index in [1.165, 1.54) is 22.5 Å². The standard InChI is InChI=1S/C36H40N3O/c1-5-35(3)36(6-2,23-16-26-38-25-15-13-22-32(38)31-21-12-14-24-37(31)4)30-20-11-10-19-29(30)34-39(35)27-33(40-34)28-17-8-7-9-18-28/h7-15,17-22,24-25,27H,5-6,16,23,26H2,1-4H3/q+3. The van der Waals surface area contributed by atoms with Crippen molar-refractivity contribution < 1.29 is 18.1 Å². The van der Waals surface area contributed by atoms with Gasteiger partial charge in [0.25, 0.3) is 11.4 Å². The number of fused-ring (bicyclic) bond motifs is 3. The quantitative estimate of drug-likeness (QED) is 0.199. The van der Waals surface area contributed by atoms with Gasteiger partial charge in [0, 0.05) is 49.6 Å². The van der Waals surface area contributed by atoms with Gasteiger partial charge in [0.05, 0.1) is 11.0 Å². The molecule has 2 aromatic carbocycles. The Balaban J connectivity index is 1.40. The van der Waals surface area contributed by atoms with Crippen LogP contribution < -0.4 is 13.7 Å². The SMILES string of the molecule is CCC1(CCC[n+]2ccccc2-c2cccc[n+]2C)c2ccccc2-c2oc(-c3ccccc3)c[n+]2C1(C)CC. The highest BCUT2D eigenvalue weighted by Crippen LogP contribution is 2.53. The molecule has 1 aliphatic rings. The van der Waals surface area contributed by atoms with Crippen molar-refractivity contribution >= 4 is 0 Å². The molecule has 5 aromatic rings. The van der Waals surface area contributed by atoms with Gasteiger partial charge in [-0.2, -0.15) is 13.7 Å². The molecule has 0 radical (unpaired) electrons. The second-order valence-corrected chi connectivity index (χ2v) is 11.3. The smallest absolute Gasteiger partial charge is 0.381 e. The second-order valence-electron chi connectivity index (χ2n) is 11.3. The van der Waals surface area contributed by atoms with E-state index in [0.717, 1.165) is 49.4 Å². The minimum Gasteiger partial charge on any atom is -0.398 e. The van der Waals surface area contributed by atoms with Gasteiger partial charge >= 0.3 is 5.89 Å². The number of benzene rings is 2. The van der Waals surface area contributed by atoms with E-state index in [1.54, 1.807) is 0 Å². The first kappa shape index (κ1) is 26.2. The predicted octanol–water partition coefficient (Wildman–Crippen LogP) is 6.95. The van der Waals surface area contributed by atoms with Gasteiger partial charge in [-0.25, -0.2) is 0 Å². The molecule has 202 valence electrons. The zero-order valence-corrected chi connectivity index (χ0v) is 24.2. The Hall–Kier alpha value is -4.05. The fraction of sp³-hybridized carbons (Fsp3) is 0.306. The molecule has 0 saturated heterocycles. The third-order valence-electron chi connectivity index (χ3n) is 9.52. The third-order valence-corrected chi connectivity index (χ3v) is 9.52. The molecule has 4 heterocycles. The van der Waals surface area contributed by atoms with Crippen LogP contribution in [-0.2, 0) is 24.5 Å². The summed E-state index contributed by atoms with van der Waals surface area (Å²) in [5, 5.41) is 0. The van der Waals surface area contributed by atoms with Gasteiger partial charge in [0.1, 0.15) is 13.6 Å². The molecule has 0 N–H and O–H groups in total. The Morgan fingerprint density at radius 3 is 2.20 bits per heavy atom. The lowest BCUT2D eigenvalue weighted by Gasteiger charge is -2.46. The molecule has 0 fully saturated rings. The summed E-state index contributed by atoms with van der Waals surface area (Å²) in [6.45, 7) is 8.13. The van der Waals surface area contributed by atoms with Crippen LogP contribution in [0, 0.1) is 0 Å². The van der Waals surface area contributed by atoms with Crippen molar-refractivity contribution in [1.82, 2.24) is 0 Å². The van der Waals surface area contributed by atoms with Crippen molar-refractivity contribution in [3.63, 3.8) is 0 Å². The van der Waals surface area contributed by atoms with E-state index in [0.29, 0.717) is 0 Å². The van der Waals surface area contributed by atoms with Gasteiger partial charge in [0.15, 0.2) is 17.9 Å². The summed E-state index contributed by atoms with van der Waals surface area (Å²) >= 11 is 0. The maximum Gasteiger partial charge on any atom is 0.381 e. The van der Waals surface area contributed by atoms with Crippen LogP contribution in [0.3, 0.4) is 0 Å². The van der Waals surface area contributed by atoms with Crippen molar-refractivity contribution in [2.75, 3.05) is 0 Å². The zero-order chi connectivity index (χ0) is 27.7. The second kappa shape index (κ2) is 10.5. The van der Waals surface area contributed by atoms with E-state index in [1.807, 2.05) is 0 Å². The third kappa shape index (κ3) is 4.09. The summed E-state index contributed by atoms with van der Waals surface area (Å²) in [7, 11) is 2.12. The van der Waals surface area contributed by atoms with Gasteiger partial charge in [-0.3, -0.25) is 0 Å². The van der Waals surface area contributed by atoms with Gasteiger partial charge in [-0.15, -0.1) is 0 Å². The first-order valence-electron chi connectivity index (χ1n) is 14.7. The first-order valence-corrected chi connectivity index (χ1v) is 14.7. The van der Waals surface area contributed by atoms with Crippen LogP contribution in [-0.4, -0.2) is 0 Å². The van der Waals surface area contributed by atoms with Gasteiger partial charge < -0.3 is 4.42 Å². The largest absolute Gasteiger partial charge is 0.398 e. The maximum absolute atomic E-state index is 6.66. The molecule has 1 aliphatic heterocycles. The highest BCUT2D eigenvalue weighted by atomic mass is 16.4. The average molecular weight is 531 g/mol. The predicted molar refractivity (Wildman–Crippen MR) is 158 cm³/mol. The van der Waals surface area contributed by atoms with Gasteiger partial charge in [-0.1, -0.05) is 62.4 Å². The van der Waals surface area contributed by atoms with E-state index in [2.05, 4.69) is 151 Å². The van der Waals surface area contributed by atoms with Crippen LogP contribution in [0.25, 0.3) is 34.2 Å². The number of aryl methyl sites for hydroxylation is 2. The first-order chi connectivity index (χ1) is 19.5. The Labute approximate surface area is 238 Å². The van der Waals surface area contributed by atoms with Gasteiger partial charge in [-0.05, 0) is 36.6 Å². The highest BCUT2D eigenvalue weighted by molar-refractivity contribution is 5.64. The molecule has 0 spiro atoms. The number of nitrogens with zero attached hydrogens (tertiary/aromatic N) is 3. The summed E-state index contributed by atoms with van der Waals surface area (Å²) in [6, 6.07) is 32.4. The molecule has 2 atom stereocenters. The molecule has 0 aliphatic carbocycles. The average Bonchev–Trinajstić information content (AvgIpc) is 3.47. The number of oxazole rings is 1. The lowest BCUT2D eigenvalue weighted by atomic mass is 9.58. The Morgan fingerprint density at radius 1 is 0.750 bits per heavy atom. The van der Waals surface area contributed by atoms with E-state index < -0.39 is 0 Å². The monoisotopic (exact) mass is 530 g/mol. The van der Waals surface area contributed by atoms with E-state index in [4.69, 9.17) is 4.42 Å². The summed E-state index contributed by atoms with van der Waals surface area (Å²) in [4.78, 5) is 0. The fourth-order valence-corrected chi connectivity index (χ4v) is 7.16. The normalized spacial score (nSPS) is 19.7. The minimum atomic E-state index is -0.127. The van der Waals surface area contributed by atoms with Crippen molar-refractivity contribution in [1.29, 1.82) is 0 Å². The Kier molecular flexibility index (Phi) is 6.87. The fourth-order valence-electron chi connectivity index (χ4n) is 7.16. The molecule has 40 heavy (non-hydrogen) atoms. The summed E-state index contributed by atoms with van der Waals surface area (Å²) in [5.74, 6) is 1.90. The van der Waals surface area contributed by atoms with Crippen LogP contribution in [0.5, 0.6) is 0 Å². The molecule has 0 amide bonds. The number of hydrogen-bond donors (Lipinski definition) is 0. The van der Waals surface area contributed by atoms with Crippen LogP contribution in [0.1, 0.15) is 52.0 Å². The molecule has 0 bridgehead atoms. The Morgan fingerprint density at radius 2 is 1.45 bits per heavy atom. The van der Waals surface area contributed by atoms with Crippen LogP contribution in [0.15, 0.2) is 114 Å². The van der Waals surface area contributed by atoms with Crippen molar-refractivity contribution in [3.8, 4) is 34.2 Å². The molecule has 3 aromatic heterocycles. The molecular weight excluding hydrogens is 490 g/mol. The summed E-state index contributed by atoms with van der Waals surface area (Å²) < 4.78 is 13.7. The van der Waals surface area contributed by atoms with E-state index in [-0.39, 0.29) is 11.0 Å². The summed E-state index contributed by atoms with van der Waals surface area (Å²) in [5.41, 5.74) is 6.08. The number of rotatable bonds is 8. The van der Waals surface area contributed by atoms with Crippen molar-refractivity contribution in [2.24, 2.45) is 7.05 Å². The lowest BCUT2D eigenvalue weighted by molar-refractivity contribution is -0.767. The maximum atomic E-state index is 6.66. The number of hydrogen-bond acceptors (Lipinski definition) is 1. The van der Waals surface area contributed by atoms with E-state index >= 15 is 0 Å². The highest BCUT2D eigenvalue weighted by Gasteiger charge is 2.60. The van der Waals surface area contributed by atoms with Crippen LogP contribution >= 0.6 is 0 Å². The van der Waals surface area contributed by atoms with Crippen molar-refractivity contribution in [2.45, 2.75) is 64.0 Å². The summed E-state index contributed by atoms with van der Waals surface area (Å²) in [6.07, 6.45) is 10.9. The molecule has 4 heteroatoms. The number of pyridine rings is 2.